The van der Waals surface area contributed by atoms with Crippen LogP contribution in [-0.4, -0.2) is 78.1 Å². The summed E-state index contributed by atoms with van der Waals surface area (Å²) in [6.45, 7) is 9.20. The lowest BCUT2D eigenvalue weighted by Crippen LogP contribution is -2.50. The van der Waals surface area contributed by atoms with E-state index >= 15 is 0 Å². The van der Waals surface area contributed by atoms with E-state index in [1.807, 2.05) is 4.90 Å². The summed E-state index contributed by atoms with van der Waals surface area (Å²) in [6.07, 6.45) is 1.01. The summed E-state index contributed by atoms with van der Waals surface area (Å²) in [6, 6.07) is 8.52. The number of aliphatic hydroxyl groups excluding tert-OH is 1. The predicted molar refractivity (Wildman–Crippen MR) is 94.7 cm³/mol. The molecule has 1 atom stereocenters. The molecule has 2 saturated heterocycles. The Morgan fingerprint density at radius 1 is 1.12 bits per heavy atom. The van der Waals surface area contributed by atoms with E-state index in [2.05, 4.69) is 41.0 Å². The van der Waals surface area contributed by atoms with E-state index in [9.17, 15) is 9.90 Å². The number of nitrogens with zero attached hydrogens (tertiary/aromatic N) is 3. The normalized spacial score (nSPS) is 22.9. The van der Waals surface area contributed by atoms with Gasteiger partial charge in [0.1, 0.15) is 0 Å². The predicted octanol–water partition coefficient (Wildman–Crippen LogP) is 0.953. The fourth-order valence-corrected chi connectivity index (χ4v) is 3.68. The van der Waals surface area contributed by atoms with Crippen molar-refractivity contribution in [2.45, 2.75) is 19.9 Å². The molecule has 1 unspecified atom stereocenters. The van der Waals surface area contributed by atoms with Crippen LogP contribution in [0.25, 0.3) is 0 Å². The van der Waals surface area contributed by atoms with E-state index in [4.69, 9.17) is 0 Å². The van der Waals surface area contributed by atoms with E-state index < -0.39 is 0 Å². The van der Waals surface area contributed by atoms with Crippen LogP contribution in [-0.2, 0) is 11.3 Å². The number of hydrogen-bond acceptors (Lipinski definition) is 4. The number of carbonyl (C=O) groups excluding carboxylic acids is 1. The molecule has 5 heteroatoms. The van der Waals surface area contributed by atoms with Crippen LogP contribution in [0.3, 0.4) is 0 Å². The molecule has 5 nitrogen and oxygen atoms in total. The van der Waals surface area contributed by atoms with E-state index in [1.165, 1.54) is 11.1 Å². The van der Waals surface area contributed by atoms with Gasteiger partial charge in [-0.15, -0.1) is 0 Å². The zero-order valence-corrected chi connectivity index (χ0v) is 14.7. The Kier molecular flexibility index (Phi) is 5.87. The van der Waals surface area contributed by atoms with E-state index in [0.717, 1.165) is 52.2 Å². The Hall–Kier alpha value is -1.43. The fourth-order valence-electron chi connectivity index (χ4n) is 3.68. The minimum atomic E-state index is 0.238. The molecule has 0 spiro atoms. The summed E-state index contributed by atoms with van der Waals surface area (Å²) < 4.78 is 0. The molecule has 1 aromatic carbocycles. The second kappa shape index (κ2) is 8.10. The highest BCUT2D eigenvalue weighted by molar-refractivity contribution is 5.78. The third-order valence-corrected chi connectivity index (χ3v) is 5.37. The first-order chi connectivity index (χ1) is 11.7. The van der Waals surface area contributed by atoms with Crippen LogP contribution in [0, 0.1) is 12.8 Å². The Morgan fingerprint density at radius 3 is 2.54 bits per heavy atom. The Balaban J connectivity index is 1.43. The van der Waals surface area contributed by atoms with Crippen molar-refractivity contribution in [3.8, 4) is 0 Å². The maximum absolute atomic E-state index is 12.5. The highest BCUT2D eigenvalue weighted by Gasteiger charge is 2.27. The highest BCUT2D eigenvalue weighted by Crippen LogP contribution is 2.16. The molecular formula is C19H29N3O2. The highest BCUT2D eigenvalue weighted by atomic mass is 16.3. The van der Waals surface area contributed by atoms with Crippen molar-refractivity contribution < 1.29 is 9.90 Å². The molecule has 2 fully saturated rings. The molecule has 0 bridgehead atoms. The van der Waals surface area contributed by atoms with Gasteiger partial charge in [0.2, 0.25) is 5.91 Å². The van der Waals surface area contributed by atoms with Crippen molar-refractivity contribution in [1.82, 2.24) is 14.7 Å². The van der Waals surface area contributed by atoms with Crippen molar-refractivity contribution in [3.63, 3.8) is 0 Å². The molecule has 1 N–H and O–H groups in total. The van der Waals surface area contributed by atoms with Crippen molar-refractivity contribution >= 4 is 5.91 Å². The van der Waals surface area contributed by atoms with E-state index in [-0.39, 0.29) is 12.5 Å². The lowest BCUT2D eigenvalue weighted by Gasteiger charge is -2.35. The van der Waals surface area contributed by atoms with Crippen LogP contribution < -0.4 is 0 Å². The van der Waals surface area contributed by atoms with Crippen molar-refractivity contribution in [2.24, 2.45) is 5.92 Å². The Bertz CT molecular complexity index is 555. The number of aliphatic hydroxyl groups is 1. The number of aryl methyl sites for hydroxylation is 1. The average Bonchev–Trinajstić information content (AvgIpc) is 3.05. The minimum absolute atomic E-state index is 0.238. The second-order valence-electron chi connectivity index (χ2n) is 7.16. The third kappa shape index (κ3) is 4.35. The maximum Gasteiger partial charge on any atom is 0.236 e. The molecule has 1 aromatic rings. The molecule has 24 heavy (non-hydrogen) atoms. The van der Waals surface area contributed by atoms with E-state index in [0.29, 0.717) is 12.5 Å². The first-order valence-electron chi connectivity index (χ1n) is 9.03. The van der Waals surface area contributed by atoms with Crippen molar-refractivity contribution in [1.29, 1.82) is 0 Å². The maximum atomic E-state index is 12.5. The number of carbonyl (C=O) groups is 1. The molecule has 0 aliphatic carbocycles. The minimum Gasteiger partial charge on any atom is -0.396 e. The van der Waals surface area contributed by atoms with Crippen LogP contribution in [0.1, 0.15) is 17.5 Å². The zero-order valence-electron chi connectivity index (χ0n) is 14.7. The van der Waals surface area contributed by atoms with Crippen LogP contribution in [0.4, 0.5) is 0 Å². The van der Waals surface area contributed by atoms with Gasteiger partial charge in [0, 0.05) is 45.9 Å². The summed E-state index contributed by atoms with van der Waals surface area (Å²) >= 11 is 0. The Labute approximate surface area is 144 Å². The lowest BCUT2D eigenvalue weighted by molar-refractivity contribution is -0.134. The zero-order chi connectivity index (χ0) is 16.9. The summed E-state index contributed by atoms with van der Waals surface area (Å²) in [5.74, 6) is 0.591. The van der Waals surface area contributed by atoms with Gasteiger partial charge in [0.05, 0.1) is 6.54 Å². The molecular weight excluding hydrogens is 302 g/mol. The van der Waals surface area contributed by atoms with Gasteiger partial charge in [0.25, 0.3) is 0 Å². The van der Waals surface area contributed by atoms with Crippen molar-refractivity contribution in [2.75, 3.05) is 52.4 Å². The molecule has 2 heterocycles. The molecule has 0 saturated carbocycles. The van der Waals surface area contributed by atoms with Crippen molar-refractivity contribution in [3.05, 3.63) is 35.4 Å². The topological polar surface area (TPSA) is 47.0 Å². The standard InChI is InChI=1S/C19H29N3O2/c1-16-4-2-3-5-18(16)13-20-8-10-22(11-9-20)19(24)14-21-7-6-17(12-21)15-23/h2-5,17,23H,6-15H2,1H3. The number of hydrogen-bond donors (Lipinski definition) is 1. The van der Waals surface area contributed by atoms with Gasteiger partial charge in [-0.25, -0.2) is 0 Å². The van der Waals surface area contributed by atoms with Gasteiger partial charge in [-0.2, -0.15) is 0 Å². The number of amides is 1. The van der Waals surface area contributed by atoms with Gasteiger partial charge in [-0.1, -0.05) is 24.3 Å². The quantitative estimate of drug-likeness (QED) is 0.873. The first-order valence-corrected chi connectivity index (χ1v) is 9.03. The molecule has 1 amide bonds. The van der Waals surface area contributed by atoms with E-state index in [1.54, 1.807) is 0 Å². The number of benzene rings is 1. The largest absolute Gasteiger partial charge is 0.396 e. The first kappa shape index (κ1) is 17.4. The van der Waals surface area contributed by atoms with Gasteiger partial charge >= 0.3 is 0 Å². The summed E-state index contributed by atoms with van der Waals surface area (Å²) in [5, 5.41) is 9.21. The smallest absolute Gasteiger partial charge is 0.236 e. The Morgan fingerprint density at radius 2 is 1.88 bits per heavy atom. The molecule has 2 aliphatic heterocycles. The molecule has 2 aliphatic rings. The summed E-state index contributed by atoms with van der Waals surface area (Å²) in [5.41, 5.74) is 2.72. The fraction of sp³-hybridized carbons (Fsp3) is 0.632. The molecule has 0 radical (unpaired) electrons. The monoisotopic (exact) mass is 331 g/mol. The van der Waals surface area contributed by atoms with Crippen LogP contribution in [0.2, 0.25) is 0 Å². The van der Waals surface area contributed by atoms with Crippen LogP contribution in [0.5, 0.6) is 0 Å². The summed E-state index contributed by atoms with van der Waals surface area (Å²) in [7, 11) is 0. The van der Waals surface area contributed by atoms with Crippen LogP contribution in [0.15, 0.2) is 24.3 Å². The third-order valence-electron chi connectivity index (χ3n) is 5.37. The molecule has 0 aromatic heterocycles. The van der Waals surface area contributed by atoms with Gasteiger partial charge in [0.15, 0.2) is 0 Å². The average molecular weight is 331 g/mol. The molecule has 3 rings (SSSR count). The molecule has 132 valence electrons. The summed E-state index contributed by atoms with van der Waals surface area (Å²) in [4.78, 5) is 19.1. The number of piperazine rings is 1. The van der Waals surface area contributed by atoms with Gasteiger partial charge in [-0.05, 0) is 36.9 Å². The van der Waals surface area contributed by atoms with Crippen LogP contribution >= 0.6 is 0 Å². The lowest BCUT2D eigenvalue weighted by atomic mass is 10.1. The van der Waals surface area contributed by atoms with Gasteiger partial charge in [-0.3, -0.25) is 14.6 Å². The number of rotatable bonds is 5. The van der Waals surface area contributed by atoms with Gasteiger partial charge < -0.3 is 10.0 Å². The second-order valence-corrected chi connectivity index (χ2v) is 7.16. The SMILES string of the molecule is Cc1ccccc1CN1CCN(C(=O)CN2CCC(CO)C2)CC1. The number of likely N-dealkylation sites (tertiary alicyclic amines) is 1.